The average Bonchev–Trinajstić information content (AvgIpc) is 2.70. The molecule has 2 aromatic rings. The van der Waals surface area contributed by atoms with Crippen LogP contribution in [0.5, 0.6) is 0 Å². The Hall–Kier alpha value is -1.93. The standard InChI is InChI=1S/C21H28ClN3O3S/c1-5-25(6-2)15-17-10-8-7-9-16(17)14-23-21(26)19-13-18(11-12-20(19)22)29(27,28)24(3)4/h7-13H,5-6,14-15H2,1-4H3,(H,23,26). The summed E-state index contributed by atoms with van der Waals surface area (Å²) in [5.74, 6) is -0.413. The van der Waals surface area contributed by atoms with Crippen molar-refractivity contribution in [3.63, 3.8) is 0 Å². The lowest BCUT2D eigenvalue weighted by Crippen LogP contribution is -2.27. The number of nitrogens with zero attached hydrogens (tertiary/aromatic N) is 2. The predicted octanol–water partition coefficient (Wildman–Crippen LogP) is 3.36. The molecule has 158 valence electrons. The molecule has 0 aliphatic heterocycles. The molecule has 1 N–H and O–H groups in total. The van der Waals surface area contributed by atoms with E-state index in [4.69, 9.17) is 11.6 Å². The van der Waals surface area contributed by atoms with Crippen molar-refractivity contribution in [1.29, 1.82) is 0 Å². The Morgan fingerprint density at radius 2 is 1.66 bits per heavy atom. The third-order valence-electron chi connectivity index (χ3n) is 4.81. The molecule has 1 amide bonds. The highest BCUT2D eigenvalue weighted by Crippen LogP contribution is 2.22. The van der Waals surface area contributed by atoms with Crippen molar-refractivity contribution in [2.75, 3.05) is 27.2 Å². The summed E-state index contributed by atoms with van der Waals surface area (Å²) in [4.78, 5) is 15.0. The van der Waals surface area contributed by atoms with E-state index in [0.717, 1.165) is 35.1 Å². The molecule has 29 heavy (non-hydrogen) atoms. The zero-order chi connectivity index (χ0) is 21.6. The number of rotatable bonds is 9. The van der Waals surface area contributed by atoms with Crippen molar-refractivity contribution in [2.24, 2.45) is 0 Å². The number of carbonyl (C=O) groups excluding carboxylic acids is 1. The van der Waals surface area contributed by atoms with Crippen LogP contribution in [0.3, 0.4) is 0 Å². The smallest absolute Gasteiger partial charge is 0.253 e. The van der Waals surface area contributed by atoms with E-state index in [1.165, 1.54) is 32.3 Å². The molecule has 0 radical (unpaired) electrons. The van der Waals surface area contributed by atoms with Gasteiger partial charge in [0.05, 0.1) is 15.5 Å². The molecular formula is C21H28ClN3O3S. The Labute approximate surface area is 178 Å². The van der Waals surface area contributed by atoms with Crippen LogP contribution in [-0.4, -0.2) is 50.7 Å². The summed E-state index contributed by atoms with van der Waals surface area (Å²) in [6, 6.07) is 12.1. The second kappa shape index (κ2) is 10.2. The first-order chi connectivity index (χ1) is 13.7. The summed E-state index contributed by atoms with van der Waals surface area (Å²) in [7, 11) is -0.772. The van der Waals surface area contributed by atoms with Gasteiger partial charge in [-0.3, -0.25) is 9.69 Å². The number of sulfonamides is 1. The molecule has 0 atom stereocenters. The minimum absolute atomic E-state index is 0.0268. The van der Waals surface area contributed by atoms with Crippen molar-refractivity contribution in [1.82, 2.24) is 14.5 Å². The Kier molecular flexibility index (Phi) is 8.22. The van der Waals surface area contributed by atoms with Crippen molar-refractivity contribution in [2.45, 2.75) is 31.8 Å². The van der Waals surface area contributed by atoms with E-state index >= 15 is 0 Å². The number of hydrogen-bond donors (Lipinski definition) is 1. The van der Waals surface area contributed by atoms with E-state index in [0.29, 0.717) is 6.54 Å². The highest BCUT2D eigenvalue weighted by molar-refractivity contribution is 7.89. The summed E-state index contributed by atoms with van der Waals surface area (Å²) >= 11 is 6.16. The van der Waals surface area contributed by atoms with E-state index in [1.807, 2.05) is 18.2 Å². The summed E-state index contributed by atoms with van der Waals surface area (Å²) in [6.07, 6.45) is 0. The first kappa shape index (κ1) is 23.3. The van der Waals surface area contributed by atoms with Gasteiger partial charge in [-0.25, -0.2) is 12.7 Å². The molecular weight excluding hydrogens is 410 g/mol. The highest BCUT2D eigenvalue weighted by atomic mass is 35.5. The molecule has 0 bridgehead atoms. The molecule has 2 aromatic carbocycles. The van der Waals surface area contributed by atoms with Gasteiger partial charge in [-0.15, -0.1) is 0 Å². The molecule has 0 aliphatic carbocycles. The molecule has 0 aliphatic rings. The van der Waals surface area contributed by atoms with E-state index in [2.05, 4.69) is 30.1 Å². The number of carbonyl (C=O) groups is 1. The van der Waals surface area contributed by atoms with Crippen molar-refractivity contribution < 1.29 is 13.2 Å². The number of hydrogen-bond acceptors (Lipinski definition) is 4. The number of amides is 1. The zero-order valence-corrected chi connectivity index (χ0v) is 18.8. The third-order valence-corrected chi connectivity index (χ3v) is 6.95. The molecule has 0 heterocycles. The quantitative estimate of drug-likeness (QED) is 0.653. The minimum atomic E-state index is -3.65. The van der Waals surface area contributed by atoms with Gasteiger partial charge < -0.3 is 5.32 Å². The van der Waals surface area contributed by atoms with Crippen LogP contribution in [0.15, 0.2) is 47.4 Å². The highest BCUT2D eigenvalue weighted by Gasteiger charge is 2.21. The third kappa shape index (κ3) is 5.79. The van der Waals surface area contributed by atoms with Crippen LogP contribution in [0.25, 0.3) is 0 Å². The second-order valence-corrected chi connectivity index (χ2v) is 9.40. The van der Waals surface area contributed by atoms with Gasteiger partial charge >= 0.3 is 0 Å². The minimum Gasteiger partial charge on any atom is -0.348 e. The fraction of sp³-hybridized carbons (Fsp3) is 0.381. The maximum atomic E-state index is 12.7. The monoisotopic (exact) mass is 437 g/mol. The molecule has 8 heteroatoms. The van der Waals surface area contributed by atoms with E-state index in [9.17, 15) is 13.2 Å². The predicted molar refractivity (Wildman–Crippen MR) is 117 cm³/mol. The number of benzene rings is 2. The van der Waals surface area contributed by atoms with Crippen LogP contribution in [0, 0.1) is 0 Å². The first-order valence-electron chi connectivity index (χ1n) is 9.50. The van der Waals surface area contributed by atoms with Crippen molar-refractivity contribution in [3.05, 3.63) is 64.2 Å². The van der Waals surface area contributed by atoms with Crippen LogP contribution in [0.4, 0.5) is 0 Å². The van der Waals surface area contributed by atoms with Gasteiger partial charge in [0.15, 0.2) is 0 Å². The van der Waals surface area contributed by atoms with Gasteiger partial charge in [0, 0.05) is 27.2 Å². The van der Waals surface area contributed by atoms with Gasteiger partial charge in [-0.05, 0) is 42.4 Å². The lowest BCUT2D eigenvalue weighted by atomic mass is 10.1. The molecule has 0 fully saturated rings. The van der Waals surface area contributed by atoms with Crippen molar-refractivity contribution in [3.8, 4) is 0 Å². The summed E-state index contributed by atoms with van der Waals surface area (Å²) in [6.45, 7) is 7.25. The van der Waals surface area contributed by atoms with Gasteiger partial charge in [0.2, 0.25) is 10.0 Å². The topological polar surface area (TPSA) is 69.7 Å². The summed E-state index contributed by atoms with van der Waals surface area (Å²) < 4.78 is 25.8. The molecule has 2 rings (SSSR count). The van der Waals surface area contributed by atoms with Crippen molar-refractivity contribution >= 4 is 27.5 Å². The Morgan fingerprint density at radius 1 is 1.03 bits per heavy atom. The number of nitrogens with one attached hydrogen (secondary N) is 1. The molecule has 0 saturated heterocycles. The molecule has 0 saturated carbocycles. The van der Waals surface area contributed by atoms with Gasteiger partial charge in [-0.1, -0.05) is 49.7 Å². The summed E-state index contributed by atoms with van der Waals surface area (Å²) in [5.41, 5.74) is 2.29. The van der Waals surface area contributed by atoms with E-state index in [-0.39, 0.29) is 15.5 Å². The van der Waals surface area contributed by atoms with Crippen LogP contribution in [0.1, 0.15) is 35.3 Å². The first-order valence-corrected chi connectivity index (χ1v) is 11.3. The van der Waals surface area contributed by atoms with Gasteiger partial charge in [-0.2, -0.15) is 0 Å². The summed E-state index contributed by atoms with van der Waals surface area (Å²) in [5, 5.41) is 3.07. The van der Waals surface area contributed by atoms with Gasteiger partial charge in [0.25, 0.3) is 5.91 Å². The lowest BCUT2D eigenvalue weighted by molar-refractivity contribution is 0.0950. The molecule has 6 nitrogen and oxygen atoms in total. The fourth-order valence-electron chi connectivity index (χ4n) is 2.89. The average molecular weight is 438 g/mol. The number of halogens is 1. The molecule has 0 unspecified atom stereocenters. The second-order valence-electron chi connectivity index (χ2n) is 6.84. The zero-order valence-electron chi connectivity index (χ0n) is 17.3. The van der Waals surface area contributed by atoms with Crippen LogP contribution < -0.4 is 5.32 Å². The maximum absolute atomic E-state index is 12.7. The molecule has 0 aromatic heterocycles. The Bertz CT molecular complexity index is 957. The van der Waals surface area contributed by atoms with Crippen LogP contribution >= 0.6 is 11.6 Å². The fourth-order valence-corrected chi connectivity index (χ4v) is 4.02. The Balaban J connectivity index is 2.21. The maximum Gasteiger partial charge on any atom is 0.253 e. The SMILES string of the molecule is CCN(CC)Cc1ccccc1CNC(=O)c1cc(S(=O)(=O)N(C)C)ccc1Cl. The lowest BCUT2D eigenvalue weighted by Gasteiger charge is -2.20. The largest absolute Gasteiger partial charge is 0.348 e. The van der Waals surface area contributed by atoms with Crippen LogP contribution in [-0.2, 0) is 23.1 Å². The Morgan fingerprint density at radius 3 is 2.24 bits per heavy atom. The molecule has 0 spiro atoms. The van der Waals surface area contributed by atoms with Gasteiger partial charge in [0.1, 0.15) is 0 Å². The van der Waals surface area contributed by atoms with Crippen LogP contribution in [0.2, 0.25) is 5.02 Å². The normalized spacial score (nSPS) is 11.8. The van der Waals surface area contributed by atoms with E-state index in [1.54, 1.807) is 0 Å². The van der Waals surface area contributed by atoms with E-state index < -0.39 is 15.9 Å².